The van der Waals surface area contributed by atoms with E-state index in [1.54, 1.807) is 19.1 Å². The third kappa shape index (κ3) is 4.63. The van der Waals surface area contributed by atoms with Gasteiger partial charge in [-0.15, -0.1) is 0 Å². The number of amides is 1. The molecule has 2 rings (SSSR count). The molecule has 9 heteroatoms. The first-order chi connectivity index (χ1) is 11.8. The molecule has 0 heterocycles. The molecule has 0 bridgehead atoms. The van der Waals surface area contributed by atoms with Crippen LogP contribution in [0.5, 0.6) is 5.75 Å². The van der Waals surface area contributed by atoms with Gasteiger partial charge in [0.05, 0.1) is 4.92 Å². The predicted octanol–water partition coefficient (Wildman–Crippen LogP) is 3.47. The summed E-state index contributed by atoms with van der Waals surface area (Å²) in [5, 5.41) is 14.1. The topological polar surface area (TPSA) is 107 Å². The highest BCUT2D eigenvalue weighted by Crippen LogP contribution is 2.29. The van der Waals surface area contributed by atoms with Gasteiger partial charge in [-0.3, -0.25) is 14.9 Å². The van der Waals surface area contributed by atoms with Crippen LogP contribution in [-0.4, -0.2) is 17.4 Å². The van der Waals surface area contributed by atoms with E-state index in [0.29, 0.717) is 5.56 Å². The number of hydrogen-bond donors (Lipinski definition) is 2. The molecule has 25 heavy (non-hydrogen) atoms. The summed E-state index contributed by atoms with van der Waals surface area (Å²) in [7, 11) is 0. The van der Waals surface area contributed by atoms with Gasteiger partial charge in [-0.1, -0.05) is 12.1 Å². The van der Waals surface area contributed by atoms with Gasteiger partial charge in [0.1, 0.15) is 11.4 Å². The number of nitrogens with zero attached hydrogens (tertiary/aromatic N) is 1. The number of benzene rings is 2. The smallest absolute Gasteiger partial charge is 0.387 e. The molecule has 0 spiro atoms. The van der Waals surface area contributed by atoms with Crippen LogP contribution < -0.4 is 15.8 Å². The largest absolute Gasteiger partial charge is 0.435 e. The van der Waals surface area contributed by atoms with Crippen molar-refractivity contribution in [3.63, 3.8) is 0 Å². The van der Waals surface area contributed by atoms with Gasteiger partial charge in [0.2, 0.25) is 5.91 Å². The van der Waals surface area contributed by atoms with Gasteiger partial charge in [0.25, 0.3) is 5.69 Å². The number of nitro benzene ring substituents is 1. The molecule has 0 saturated carbocycles. The molecule has 0 aromatic heterocycles. The van der Waals surface area contributed by atoms with Gasteiger partial charge in [0.15, 0.2) is 0 Å². The van der Waals surface area contributed by atoms with Gasteiger partial charge in [-0.2, -0.15) is 8.78 Å². The van der Waals surface area contributed by atoms with Crippen molar-refractivity contribution in [2.24, 2.45) is 5.73 Å². The number of ether oxygens (including phenoxy) is 1. The molecular formula is C16H15F2N3O4. The number of hydrogen-bond acceptors (Lipinski definition) is 5. The minimum atomic E-state index is -2.91. The molecule has 3 N–H and O–H groups in total. The number of anilines is 1. The minimum absolute atomic E-state index is 0.0164. The predicted molar refractivity (Wildman–Crippen MR) is 86.7 cm³/mol. The van der Waals surface area contributed by atoms with E-state index in [2.05, 4.69) is 10.1 Å². The molecule has 0 aliphatic rings. The average Bonchev–Trinajstić information content (AvgIpc) is 2.54. The average molecular weight is 351 g/mol. The molecule has 2 aromatic carbocycles. The maximum absolute atomic E-state index is 12.1. The summed E-state index contributed by atoms with van der Waals surface area (Å²) in [6.45, 7) is -1.16. The van der Waals surface area contributed by atoms with E-state index in [1.165, 1.54) is 24.3 Å². The fourth-order valence-electron chi connectivity index (χ4n) is 2.21. The number of rotatable bonds is 7. The molecule has 1 amide bonds. The van der Waals surface area contributed by atoms with Crippen molar-refractivity contribution >= 4 is 17.3 Å². The van der Waals surface area contributed by atoms with E-state index in [0.717, 1.165) is 6.07 Å². The molecule has 1 atom stereocenters. The highest BCUT2D eigenvalue weighted by molar-refractivity contribution is 5.94. The number of primary amides is 1. The number of carbonyl (C=O) groups is 1. The van der Waals surface area contributed by atoms with E-state index in [9.17, 15) is 23.7 Å². The summed E-state index contributed by atoms with van der Waals surface area (Å²) in [6, 6.07) is 9.40. The Hall–Kier alpha value is -3.23. The lowest BCUT2D eigenvalue weighted by Gasteiger charge is -2.16. The Bertz CT molecular complexity index is 781. The van der Waals surface area contributed by atoms with Crippen LogP contribution in [0.15, 0.2) is 42.5 Å². The minimum Gasteiger partial charge on any atom is -0.435 e. The Morgan fingerprint density at radius 1 is 1.24 bits per heavy atom. The Morgan fingerprint density at radius 3 is 2.40 bits per heavy atom. The maximum atomic E-state index is 12.1. The highest BCUT2D eigenvalue weighted by Gasteiger charge is 2.18. The highest BCUT2D eigenvalue weighted by atomic mass is 19.3. The summed E-state index contributed by atoms with van der Waals surface area (Å²) in [4.78, 5) is 21.7. The number of halogens is 2. The van der Waals surface area contributed by atoms with E-state index in [1.807, 2.05) is 0 Å². The van der Waals surface area contributed by atoms with Gasteiger partial charge in [-0.25, -0.2) is 0 Å². The van der Waals surface area contributed by atoms with Crippen molar-refractivity contribution in [3.8, 4) is 5.75 Å². The fourth-order valence-corrected chi connectivity index (χ4v) is 2.21. The Labute approximate surface area is 141 Å². The monoisotopic (exact) mass is 351 g/mol. The molecule has 0 saturated heterocycles. The van der Waals surface area contributed by atoms with Crippen LogP contribution in [0.4, 0.5) is 20.2 Å². The molecule has 0 unspecified atom stereocenters. The summed E-state index contributed by atoms with van der Waals surface area (Å²) >= 11 is 0. The second-order valence-electron chi connectivity index (χ2n) is 5.17. The number of carbonyl (C=O) groups excluding carboxylic acids is 1. The van der Waals surface area contributed by atoms with Crippen LogP contribution in [0.25, 0.3) is 0 Å². The third-order valence-corrected chi connectivity index (χ3v) is 3.46. The normalized spacial score (nSPS) is 11.8. The van der Waals surface area contributed by atoms with Gasteiger partial charge in [0, 0.05) is 17.7 Å². The molecule has 2 aromatic rings. The quantitative estimate of drug-likeness (QED) is 0.587. The molecule has 0 aliphatic carbocycles. The van der Waals surface area contributed by atoms with E-state index < -0.39 is 17.4 Å². The zero-order valence-electron chi connectivity index (χ0n) is 13.1. The van der Waals surface area contributed by atoms with Crippen LogP contribution in [0, 0.1) is 10.1 Å². The van der Waals surface area contributed by atoms with Crippen LogP contribution in [-0.2, 0) is 0 Å². The lowest BCUT2D eigenvalue weighted by Crippen LogP contribution is -2.13. The van der Waals surface area contributed by atoms with Crippen molar-refractivity contribution in [1.29, 1.82) is 0 Å². The number of alkyl halides is 2. The van der Waals surface area contributed by atoms with Crippen molar-refractivity contribution < 1.29 is 23.2 Å². The second-order valence-corrected chi connectivity index (χ2v) is 5.17. The first kappa shape index (κ1) is 18.1. The second kappa shape index (κ2) is 7.56. The van der Waals surface area contributed by atoms with Crippen molar-refractivity contribution in [2.45, 2.75) is 19.6 Å². The Kier molecular flexibility index (Phi) is 5.48. The van der Waals surface area contributed by atoms with E-state index in [-0.39, 0.29) is 28.7 Å². The molecule has 132 valence electrons. The van der Waals surface area contributed by atoms with Crippen molar-refractivity contribution in [2.75, 3.05) is 5.32 Å². The molecular weight excluding hydrogens is 336 g/mol. The Morgan fingerprint density at radius 2 is 1.88 bits per heavy atom. The van der Waals surface area contributed by atoms with Gasteiger partial charge >= 0.3 is 6.61 Å². The zero-order valence-corrected chi connectivity index (χ0v) is 13.1. The van der Waals surface area contributed by atoms with Crippen LogP contribution in [0.3, 0.4) is 0 Å². The molecule has 0 fully saturated rings. The van der Waals surface area contributed by atoms with Crippen molar-refractivity contribution in [1.82, 2.24) is 0 Å². The van der Waals surface area contributed by atoms with Gasteiger partial charge < -0.3 is 15.8 Å². The van der Waals surface area contributed by atoms with Crippen LogP contribution in [0.2, 0.25) is 0 Å². The first-order valence-electron chi connectivity index (χ1n) is 7.17. The molecule has 0 aliphatic heterocycles. The lowest BCUT2D eigenvalue weighted by molar-refractivity contribution is -0.384. The van der Waals surface area contributed by atoms with E-state index in [4.69, 9.17) is 5.73 Å². The molecule has 0 radical (unpaired) electrons. The van der Waals surface area contributed by atoms with Crippen molar-refractivity contribution in [3.05, 3.63) is 63.7 Å². The zero-order chi connectivity index (χ0) is 18.6. The van der Waals surface area contributed by atoms with E-state index >= 15 is 0 Å². The summed E-state index contributed by atoms with van der Waals surface area (Å²) in [5.41, 5.74) is 5.77. The first-order valence-corrected chi connectivity index (χ1v) is 7.17. The summed E-state index contributed by atoms with van der Waals surface area (Å²) in [5.74, 6) is -0.750. The van der Waals surface area contributed by atoms with Gasteiger partial charge in [-0.05, 0) is 36.8 Å². The SMILES string of the molecule is C[C@H](Nc1ccc(C(N)=O)cc1[N+](=O)[O-])c1ccc(OC(F)F)cc1. The van der Waals surface area contributed by atoms with Crippen LogP contribution in [0.1, 0.15) is 28.9 Å². The summed E-state index contributed by atoms with van der Waals surface area (Å²) in [6.07, 6.45) is 0. The summed E-state index contributed by atoms with van der Waals surface area (Å²) < 4.78 is 28.6. The maximum Gasteiger partial charge on any atom is 0.387 e. The standard InChI is InChI=1S/C16H15F2N3O4/c1-9(10-2-5-12(6-3-10)25-16(17)18)20-13-7-4-11(15(19)22)8-14(13)21(23)24/h2-9,16,20H,1H3,(H2,19,22)/t9-/m0/s1. The molecule has 7 nitrogen and oxygen atoms in total. The third-order valence-electron chi connectivity index (χ3n) is 3.46. The number of nitro groups is 1. The fraction of sp³-hybridized carbons (Fsp3) is 0.188. The van der Waals surface area contributed by atoms with Crippen LogP contribution >= 0.6 is 0 Å². The number of nitrogens with one attached hydrogen (secondary N) is 1. The Balaban J connectivity index is 2.20. The lowest BCUT2D eigenvalue weighted by atomic mass is 10.1. The number of nitrogens with two attached hydrogens (primary N) is 1.